The molecule has 21 heavy (non-hydrogen) atoms. The fourth-order valence-electron chi connectivity index (χ4n) is 2.80. The van der Waals surface area contributed by atoms with E-state index in [0.717, 1.165) is 29.8 Å². The minimum atomic E-state index is -0.689. The molecule has 2 aromatic rings. The number of aliphatic hydroxyl groups excluding tert-OH is 1. The lowest BCUT2D eigenvalue weighted by Crippen LogP contribution is -2.04. The quantitative estimate of drug-likeness (QED) is 0.907. The molecule has 0 amide bonds. The van der Waals surface area contributed by atoms with Crippen LogP contribution in [-0.2, 0) is 6.42 Å². The summed E-state index contributed by atoms with van der Waals surface area (Å²) in [6.07, 6.45) is 0.312. The largest absolute Gasteiger partial charge is 0.493 e. The maximum absolute atomic E-state index is 10.7. The fraction of sp³-hybridized carbons (Fsp3) is 0.294. The van der Waals surface area contributed by atoms with Crippen LogP contribution in [0.25, 0.3) is 0 Å². The lowest BCUT2D eigenvalue weighted by atomic mass is 9.97. The maximum Gasteiger partial charge on any atom is 0.161 e. The molecule has 0 bridgehead atoms. The van der Waals surface area contributed by atoms with Gasteiger partial charge in [0.15, 0.2) is 11.5 Å². The number of aliphatic hydroxyl groups is 1. The SMILES string of the molecule is COc1ccc(C(O)c2cccc3c2NCC3)cc1OC. The van der Waals surface area contributed by atoms with Crippen LogP contribution >= 0.6 is 0 Å². The minimum absolute atomic E-state index is 0.620. The van der Waals surface area contributed by atoms with E-state index in [1.165, 1.54) is 5.56 Å². The average Bonchev–Trinajstić information content (AvgIpc) is 3.02. The second-order valence-electron chi connectivity index (χ2n) is 5.08. The third-order valence-electron chi connectivity index (χ3n) is 3.90. The predicted molar refractivity (Wildman–Crippen MR) is 82.2 cm³/mol. The summed E-state index contributed by atoms with van der Waals surface area (Å²) in [5.74, 6) is 1.28. The lowest BCUT2D eigenvalue weighted by molar-refractivity contribution is 0.220. The number of anilines is 1. The zero-order valence-electron chi connectivity index (χ0n) is 12.2. The molecule has 4 nitrogen and oxygen atoms in total. The molecule has 0 saturated heterocycles. The van der Waals surface area contributed by atoms with E-state index in [9.17, 15) is 5.11 Å². The highest BCUT2D eigenvalue weighted by atomic mass is 16.5. The van der Waals surface area contributed by atoms with E-state index in [0.29, 0.717) is 11.5 Å². The van der Waals surface area contributed by atoms with Crippen molar-refractivity contribution in [1.82, 2.24) is 0 Å². The summed E-state index contributed by atoms with van der Waals surface area (Å²) in [5.41, 5.74) is 4.00. The first kappa shape index (κ1) is 13.8. The van der Waals surface area contributed by atoms with E-state index in [4.69, 9.17) is 9.47 Å². The molecule has 1 aliphatic rings. The van der Waals surface area contributed by atoms with Crippen molar-refractivity contribution < 1.29 is 14.6 Å². The smallest absolute Gasteiger partial charge is 0.161 e. The van der Waals surface area contributed by atoms with Crippen LogP contribution in [0, 0.1) is 0 Å². The summed E-state index contributed by atoms with van der Waals surface area (Å²) >= 11 is 0. The average molecular weight is 285 g/mol. The Morgan fingerprint density at radius 3 is 2.67 bits per heavy atom. The topological polar surface area (TPSA) is 50.7 Å². The molecule has 2 aromatic carbocycles. The number of fused-ring (bicyclic) bond motifs is 1. The van der Waals surface area contributed by atoms with Gasteiger partial charge in [0.25, 0.3) is 0 Å². The number of hydrogen-bond donors (Lipinski definition) is 2. The van der Waals surface area contributed by atoms with Crippen LogP contribution in [0.5, 0.6) is 11.5 Å². The molecule has 0 fully saturated rings. The summed E-state index contributed by atoms with van der Waals surface area (Å²) in [7, 11) is 3.19. The van der Waals surface area contributed by atoms with Crippen molar-refractivity contribution in [3.8, 4) is 11.5 Å². The number of benzene rings is 2. The Bertz CT molecular complexity index is 654. The first-order valence-corrected chi connectivity index (χ1v) is 7.00. The van der Waals surface area contributed by atoms with Crippen LogP contribution in [0.2, 0.25) is 0 Å². The molecule has 110 valence electrons. The third kappa shape index (κ3) is 2.43. The Hall–Kier alpha value is -2.20. The van der Waals surface area contributed by atoms with Gasteiger partial charge in [-0.25, -0.2) is 0 Å². The molecule has 0 spiro atoms. The number of methoxy groups -OCH3 is 2. The van der Waals surface area contributed by atoms with Crippen molar-refractivity contribution in [2.45, 2.75) is 12.5 Å². The molecule has 1 heterocycles. The first-order valence-electron chi connectivity index (χ1n) is 7.00. The van der Waals surface area contributed by atoms with Gasteiger partial charge < -0.3 is 19.9 Å². The van der Waals surface area contributed by atoms with Crippen LogP contribution in [0.4, 0.5) is 5.69 Å². The summed E-state index contributed by atoms with van der Waals surface area (Å²) in [6.45, 7) is 0.922. The van der Waals surface area contributed by atoms with E-state index in [1.54, 1.807) is 14.2 Å². The van der Waals surface area contributed by atoms with Crippen LogP contribution in [0.3, 0.4) is 0 Å². The molecule has 4 heteroatoms. The van der Waals surface area contributed by atoms with Crippen molar-refractivity contribution in [1.29, 1.82) is 0 Å². The van der Waals surface area contributed by atoms with Gasteiger partial charge >= 0.3 is 0 Å². The van der Waals surface area contributed by atoms with Gasteiger partial charge in [-0.15, -0.1) is 0 Å². The van der Waals surface area contributed by atoms with Crippen molar-refractivity contribution in [2.75, 3.05) is 26.1 Å². The Morgan fingerprint density at radius 2 is 1.90 bits per heavy atom. The van der Waals surface area contributed by atoms with E-state index in [1.807, 2.05) is 30.3 Å². The molecule has 1 unspecified atom stereocenters. The van der Waals surface area contributed by atoms with Crippen LogP contribution in [-0.4, -0.2) is 25.9 Å². The Balaban J connectivity index is 1.99. The van der Waals surface area contributed by atoms with Gasteiger partial charge in [0.2, 0.25) is 0 Å². The van der Waals surface area contributed by atoms with Crippen molar-refractivity contribution >= 4 is 5.69 Å². The molecule has 0 aromatic heterocycles. The van der Waals surface area contributed by atoms with E-state index >= 15 is 0 Å². The predicted octanol–water partition coefficient (Wildman–Crippen LogP) is 2.75. The van der Waals surface area contributed by atoms with E-state index in [-0.39, 0.29) is 0 Å². The third-order valence-corrected chi connectivity index (χ3v) is 3.90. The second kappa shape index (κ2) is 5.66. The number of ether oxygens (including phenoxy) is 2. The molecule has 0 saturated carbocycles. The van der Waals surface area contributed by atoms with E-state index < -0.39 is 6.10 Å². The van der Waals surface area contributed by atoms with Crippen molar-refractivity contribution in [3.63, 3.8) is 0 Å². The summed E-state index contributed by atoms with van der Waals surface area (Å²) in [4.78, 5) is 0. The minimum Gasteiger partial charge on any atom is -0.493 e. The van der Waals surface area contributed by atoms with E-state index in [2.05, 4.69) is 11.4 Å². The Morgan fingerprint density at radius 1 is 1.10 bits per heavy atom. The number of para-hydroxylation sites is 1. The molecule has 0 aliphatic carbocycles. The molecule has 1 aliphatic heterocycles. The molecule has 1 atom stereocenters. The van der Waals surface area contributed by atoms with Gasteiger partial charge in [0.05, 0.1) is 14.2 Å². The summed E-state index contributed by atoms with van der Waals surface area (Å²) in [5, 5.41) is 14.1. The zero-order chi connectivity index (χ0) is 14.8. The normalized spacial score (nSPS) is 14.2. The molecule has 2 N–H and O–H groups in total. The van der Waals surface area contributed by atoms with Crippen LogP contribution < -0.4 is 14.8 Å². The Kier molecular flexibility index (Phi) is 3.71. The van der Waals surface area contributed by atoms with Gasteiger partial charge in [-0.1, -0.05) is 24.3 Å². The standard InChI is InChI=1S/C17H19NO3/c1-20-14-7-6-12(10-15(14)21-2)17(19)13-5-3-4-11-8-9-18-16(11)13/h3-7,10,17-19H,8-9H2,1-2H3. The molecular formula is C17H19NO3. The van der Waals surface area contributed by atoms with Gasteiger partial charge in [0.1, 0.15) is 6.10 Å². The Labute approximate surface area is 124 Å². The van der Waals surface area contributed by atoms with Gasteiger partial charge in [-0.05, 0) is 29.7 Å². The van der Waals surface area contributed by atoms with Gasteiger partial charge in [0, 0.05) is 17.8 Å². The number of hydrogen-bond acceptors (Lipinski definition) is 4. The highest BCUT2D eigenvalue weighted by Gasteiger charge is 2.21. The van der Waals surface area contributed by atoms with Gasteiger partial charge in [-0.2, -0.15) is 0 Å². The second-order valence-corrected chi connectivity index (χ2v) is 5.08. The maximum atomic E-state index is 10.7. The zero-order valence-corrected chi connectivity index (χ0v) is 12.2. The summed E-state index contributed by atoms with van der Waals surface area (Å²) in [6, 6.07) is 11.5. The van der Waals surface area contributed by atoms with Crippen LogP contribution in [0.15, 0.2) is 36.4 Å². The molecule has 3 rings (SSSR count). The van der Waals surface area contributed by atoms with Crippen molar-refractivity contribution in [2.24, 2.45) is 0 Å². The monoisotopic (exact) mass is 285 g/mol. The molecular weight excluding hydrogens is 266 g/mol. The lowest BCUT2D eigenvalue weighted by Gasteiger charge is -2.17. The van der Waals surface area contributed by atoms with Gasteiger partial charge in [-0.3, -0.25) is 0 Å². The summed E-state index contributed by atoms with van der Waals surface area (Å²) < 4.78 is 10.5. The van der Waals surface area contributed by atoms with Crippen molar-refractivity contribution in [3.05, 3.63) is 53.1 Å². The first-order chi connectivity index (χ1) is 10.2. The molecule has 0 radical (unpaired) electrons. The van der Waals surface area contributed by atoms with Crippen LogP contribution in [0.1, 0.15) is 22.8 Å². The number of nitrogens with one attached hydrogen (secondary N) is 1. The highest BCUT2D eigenvalue weighted by Crippen LogP contribution is 2.36. The highest BCUT2D eigenvalue weighted by molar-refractivity contribution is 5.63. The fourth-order valence-corrected chi connectivity index (χ4v) is 2.80. The number of rotatable bonds is 4.